The molecule has 1 aromatic rings. The number of hydrogen-bond acceptors (Lipinski definition) is 6. The zero-order valence-corrected chi connectivity index (χ0v) is 13.6. The summed E-state index contributed by atoms with van der Waals surface area (Å²) in [6.45, 7) is 2.54. The van der Waals surface area contributed by atoms with E-state index in [0.717, 1.165) is 32.4 Å². The molecule has 0 bridgehead atoms. The molecule has 1 amide bonds. The van der Waals surface area contributed by atoms with E-state index in [2.05, 4.69) is 15.3 Å². The first kappa shape index (κ1) is 15.6. The highest BCUT2D eigenvalue weighted by Crippen LogP contribution is 2.30. The normalized spacial score (nSPS) is 29.7. The molecular weight excluding hydrogens is 310 g/mol. The van der Waals surface area contributed by atoms with Crippen LogP contribution in [-0.2, 0) is 22.5 Å². The quantitative estimate of drug-likeness (QED) is 0.632. The summed E-state index contributed by atoms with van der Waals surface area (Å²) in [5, 5.41) is 3.47. The minimum atomic E-state index is -0.186. The molecule has 4 N–H and O–H groups in total. The predicted molar refractivity (Wildman–Crippen MR) is 87.3 cm³/mol. The van der Waals surface area contributed by atoms with Crippen LogP contribution in [0.25, 0.3) is 0 Å². The summed E-state index contributed by atoms with van der Waals surface area (Å²) < 4.78 is 5.78. The number of nitrogens with one attached hydrogen (secondary N) is 2. The number of carbonyl (C=O) groups is 1. The number of aromatic amines is 1. The maximum Gasteiger partial charge on any atom is 0.255 e. The van der Waals surface area contributed by atoms with Crippen molar-refractivity contribution >= 4 is 11.9 Å². The molecule has 1 saturated carbocycles. The third-order valence-electron chi connectivity index (χ3n) is 5.38. The van der Waals surface area contributed by atoms with E-state index in [9.17, 15) is 9.59 Å². The molecule has 3 heterocycles. The van der Waals surface area contributed by atoms with Gasteiger partial charge >= 0.3 is 0 Å². The minimum absolute atomic E-state index is 0.0151. The SMILES string of the molecule is Nc1nc2c(c(=O)[nH]1)CCN(C(=O)[C@H]1CC[C@H]3OCCN[C@@H]3C1)C2. The van der Waals surface area contributed by atoms with Gasteiger partial charge in [-0.2, -0.15) is 0 Å². The average molecular weight is 333 g/mol. The molecule has 3 atom stereocenters. The number of carbonyl (C=O) groups excluding carboxylic acids is 1. The number of rotatable bonds is 1. The van der Waals surface area contributed by atoms with Gasteiger partial charge in [-0.3, -0.25) is 14.6 Å². The lowest BCUT2D eigenvalue weighted by Crippen LogP contribution is -2.53. The van der Waals surface area contributed by atoms with Crippen molar-refractivity contribution in [3.63, 3.8) is 0 Å². The Kier molecular flexibility index (Phi) is 4.01. The van der Waals surface area contributed by atoms with Gasteiger partial charge in [0.15, 0.2) is 0 Å². The summed E-state index contributed by atoms with van der Waals surface area (Å²) in [5.74, 6) is 0.283. The largest absolute Gasteiger partial charge is 0.375 e. The molecule has 1 aliphatic carbocycles. The van der Waals surface area contributed by atoms with Crippen molar-refractivity contribution in [2.45, 2.75) is 44.4 Å². The number of aromatic nitrogens is 2. The smallest absolute Gasteiger partial charge is 0.255 e. The van der Waals surface area contributed by atoms with Crippen LogP contribution < -0.4 is 16.6 Å². The van der Waals surface area contributed by atoms with Gasteiger partial charge in [0, 0.05) is 30.6 Å². The van der Waals surface area contributed by atoms with E-state index in [1.54, 1.807) is 0 Å². The van der Waals surface area contributed by atoms with Gasteiger partial charge in [-0.25, -0.2) is 4.98 Å². The Morgan fingerprint density at radius 1 is 1.38 bits per heavy atom. The van der Waals surface area contributed by atoms with Crippen LogP contribution in [0.2, 0.25) is 0 Å². The molecule has 1 saturated heterocycles. The average Bonchev–Trinajstić information content (AvgIpc) is 2.60. The van der Waals surface area contributed by atoms with Crippen LogP contribution in [0.5, 0.6) is 0 Å². The van der Waals surface area contributed by atoms with Crippen LogP contribution in [0.4, 0.5) is 5.95 Å². The van der Waals surface area contributed by atoms with E-state index in [1.165, 1.54) is 0 Å². The maximum absolute atomic E-state index is 12.9. The highest BCUT2D eigenvalue weighted by molar-refractivity contribution is 5.79. The van der Waals surface area contributed by atoms with Crippen molar-refractivity contribution in [3.8, 4) is 0 Å². The van der Waals surface area contributed by atoms with Crippen molar-refractivity contribution < 1.29 is 9.53 Å². The fourth-order valence-corrected chi connectivity index (χ4v) is 4.14. The highest BCUT2D eigenvalue weighted by Gasteiger charge is 2.38. The molecule has 0 radical (unpaired) electrons. The summed E-state index contributed by atoms with van der Waals surface area (Å²) in [7, 11) is 0. The topological polar surface area (TPSA) is 113 Å². The molecule has 3 aliphatic rings. The number of amides is 1. The molecule has 4 rings (SSSR count). The molecule has 130 valence electrons. The number of nitrogen functional groups attached to an aromatic ring is 1. The first-order valence-electron chi connectivity index (χ1n) is 8.63. The Bertz CT molecular complexity index is 703. The van der Waals surface area contributed by atoms with E-state index in [4.69, 9.17) is 10.5 Å². The third-order valence-corrected chi connectivity index (χ3v) is 5.38. The van der Waals surface area contributed by atoms with E-state index < -0.39 is 0 Å². The lowest BCUT2D eigenvalue weighted by atomic mass is 9.82. The molecule has 2 fully saturated rings. The molecule has 8 heteroatoms. The van der Waals surface area contributed by atoms with E-state index in [0.29, 0.717) is 30.8 Å². The second kappa shape index (κ2) is 6.18. The van der Waals surface area contributed by atoms with Crippen LogP contribution in [0.3, 0.4) is 0 Å². The Morgan fingerprint density at radius 2 is 2.25 bits per heavy atom. The summed E-state index contributed by atoms with van der Waals surface area (Å²) in [6, 6.07) is 0.273. The van der Waals surface area contributed by atoms with Gasteiger partial charge in [0.2, 0.25) is 11.9 Å². The van der Waals surface area contributed by atoms with Gasteiger partial charge in [0.05, 0.1) is 24.9 Å². The minimum Gasteiger partial charge on any atom is -0.375 e. The molecule has 0 aromatic carbocycles. The zero-order chi connectivity index (χ0) is 16.7. The van der Waals surface area contributed by atoms with E-state index >= 15 is 0 Å². The fourth-order valence-electron chi connectivity index (χ4n) is 4.14. The monoisotopic (exact) mass is 333 g/mol. The predicted octanol–water partition coefficient (Wildman–Crippen LogP) is -0.606. The number of hydrogen-bond donors (Lipinski definition) is 3. The number of nitrogens with two attached hydrogens (primary N) is 1. The molecule has 2 aliphatic heterocycles. The van der Waals surface area contributed by atoms with E-state index in [-0.39, 0.29) is 35.5 Å². The second-order valence-corrected chi connectivity index (χ2v) is 6.87. The number of morpholine rings is 1. The lowest BCUT2D eigenvalue weighted by Gasteiger charge is -2.41. The third kappa shape index (κ3) is 2.80. The molecule has 8 nitrogen and oxygen atoms in total. The molecule has 0 spiro atoms. The Morgan fingerprint density at radius 3 is 3.12 bits per heavy atom. The zero-order valence-electron chi connectivity index (χ0n) is 13.6. The van der Waals surface area contributed by atoms with Crippen LogP contribution in [0, 0.1) is 5.92 Å². The Labute approximate surface area is 139 Å². The van der Waals surface area contributed by atoms with Gasteiger partial charge in [0.25, 0.3) is 5.56 Å². The first-order chi connectivity index (χ1) is 11.6. The van der Waals surface area contributed by atoms with Crippen LogP contribution in [-0.4, -0.2) is 52.6 Å². The number of fused-ring (bicyclic) bond motifs is 2. The van der Waals surface area contributed by atoms with Crippen LogP contribution in [0.1, 0.15) is 30.5 Å². The van der Waals surface area contributed by atoms with Crippen molar-refractivity contribution in [1.29, 1.82) is 0 Å². The standard InChI is InChI=1S/C16H23N5O3/c17-16-19-12-8-21(5-3-10(12)14(22)20-16)15(23)9-1-2-13-11(7-9)18-4-6-24-13/h9,11,13,18H,1-8H2,(H3,17,19,20,22)/t9-,11+,13+/m0/s1. The van der Waals surface area contributed by atoms with Gasteiger partial charge < -0.3 is 20.7 Å². The van der Waals surface area contributed by atoms with Crippen LogP contribution >= 0.6 is 0 Å². The number of ether oxygens (including phenoxy) is 1. The lowest BCUT2D eigenvalue weighted by molar-refractivity contribution is -0.140. The number of nitrogens with zero attached hydrogens (tertiary/aromatic N) is 2. The van der Waals surface area contributed by atoms with Gasteiger partial charge in [-0.15, -0.1) is 0 Å². The van der Waals surface area contributed by atoms with Gasteiger partial charge in [-0.1, -0.05) is 0 Å². The summed E-state index contributed by atoms with van der Waals surface area (Å²) in [4.78, 5) is 33.4. The van der Waals surface area contributed by atoms with Crippen molar-refractivity contribution in [2.75, 3.05) is 25.4 Å². The summed E-state index contributed by atoms with van der Waals surface area (Å²) >= 11 is 0. The molecular formula is C16H23N5O3. The first-order valence-corrected chi connectivity index (χ1v) is 8.63. The molecule has 1 aromatic heterocycles. The highest BCUT2D eigenvalue weighted by atomic mass is 16.5. The van der Waals surface area contributed by atoms with Crippen molar-refractivity contribution in [3.05, 3.63) is 21.6 Å². The number of anilines is 1. The molecule has 0 unspecified atom stereocenters. The Balaban J connectivity index is 1.46. The summed E-state index contributed by atoms with van der Waals surface area (Å²) in [6.07, 6.45) is 3.37. The van der Waals surface area contributed by atoms with Crippen LogP contribution in [0.15, 0.2) is 4.79 Å². The number of H-pyrrole nitrogens is 1. The summed E-state index contributed by atoms with van der Waals surface area (Å²) in [5.41, 5.74) is 6.72. The van der Waals surface area contributed by atoms with Crippen molar-refractivity contribution in [2.24, 2.45) is 5.92 Å². The second-order valence-electron chi connectivity index (χ2n) is 6.87. The van der Waals surface area contributed by atoms with Crippen molar-refractivity contribution in [1.82, 2.24) is 20.2 Å². The van der Waals surface area contributed by atoms with Gasteiger partial charge in [-0.05, 0) is 25.7 Å². The maximum atomic E-state index is 12.9. The fraction of sp³-hybridized carbons (Fsp3) is 0.688. The van der Waals surface area contributed by atoms with E-state index in [1.807, 2.05) is 4.90 Å². The Hall–Kier alpha value is -1.93. The van der Waals surface area contributed by atoms with Gasteiger partial charge in [0.1, 0.15) is 0 Å². The molecule has 24 heavy (non-hydrogen) atoms.